The zero-order valence-electron chi connectivity index (χ0n) is 17.5. The van der Waals surface area contributed by atoms with Gasteiger partial charge >= 0.3 is 6.18 Å². The molecule has 1 aromatic carbocycles. The quantitative estimate of drug-likeness (QED) is 0.594. The lowest BCUT2D eigenvalue weighted by Gasteiger charge is -2.32. The first-order valence-electron chi connectivity index (χ1n) is 10.4. The van der Waals surface area contributed by atoms with Crippen molar-refractivity contribution in [2.45, 2.75) is 32.2 Å². The van der Waals surface area contributed by atoms with Crippen molar-refractivity contribution in [1.82, 2.24) is 19.7 Å². The van der Waals surface area contributed by atoms with Gasteiger partial charge in [-0.15, -0.1) is 0 Å². The summed E-state index contributed by atoms with van der Waals surface area (Å²) in [5.41, 5.74) is 0.969. The number of carbonyl (C=O) groups excluding carboxylic acids is 1. The predicted octanol–water partition coefficient (Wildman–Crippen LogP) is 4.12. The van der Waals surface area contributed by atoms with Gasteiger partial charge in [-0.1, -0.05) is 24.3 Å². The second kappa shape index (κ2) is 9.12. The van der Waals surface area contributed by atoms with E-state index in [0.29, 0.717) is 43.3 Å². The van der Waals surface area contributed by atoms with Crippen LogP contribution in [0.1, 0.15) is 46.0 Å². The second-order valence-electron chi connectivity index (χ2n) is 7.55. The monoisotopic (exact) mass is 444 g/mol. The highest BCUT2D eigenvalue weighted by molar-refractivity contribution is 5.92. The van der Waals surface area contributed by atoms with E-state index in [1.165, 1.54) is 12.1 Å². The fourth-order valence-electron chi connectivity index (χ4n) is 3.75. The number of benzene rings is 1. The molecule has 1 saturated heterocycles. The summed E-state index contributed by atoms with van der Waals surface area (Å²) in [6.07, 6.45) is -3.08. The minimum absolute atomic E-state index is 0.0489. The Morgan fingerprint density at radius 3 is 2.72 bits per heavy atom. The van der Waals surface area contributed by atoms with Gasteiger partial charge in [0.2, 0.25) is 0 Å². The van der Waals surface area contributed by atoms with Crippen LogP contribution in [0.25, 0.3) is 0 Å². The Bertz CT molecular complexity index is 1100. The smallest absolute Gasteiger partial charge is 0.368 e. The zero-order chi connectivity index (χ0) is 22.7. The Hall–Kier alpha value is -3.20. The fraction of sp³-hybridized carbons (Fsp3) is 0.348. The Morgan fingerprint density at radius 2 is 1.97 bits per heavy atom. The summed E-state index contributed by atoms with van der Waals surface area (Å²) in [4.78, 5) is 19.0. The normalized spacial score (nSPS) is 16.9. The number of aryl methyl sites for hydroxylation is 1. The standard InChI is InChI=1S/C23H23F3N4O2/c1-2-30-11-10-20(28-30)22(31)29-12-13-32-21(15-29)19-9-5-7-17(27-19)14-16-6-3-4-8-18(16)23(24,25)26/h3-11,21H,2,12-15H2,1H3/t21-/m0/s1. The van der Waals surface area contributed by atoms with Crippen molar-refractivity contribution in [3.8, 4) is 0 Å². The Balaban J connectivity index is 1.50. The van der Waals surface area contributed by atoms with E-state index < -0.39 is 17.8 Å². The molecule has 0 bridgehead atoms. The van der Waals surface area contributed by atoms with Crippen molar-refractivity contribution in [1.29, 1.82) is 0 Å². The number of carbonyl (C=O) groups is 1. The molecule has 9 heteroatoms. The van der Waals surface area contributed by atoms with Gasteiger partial charge in [-0.05, 0) is 36.8 Å². The van der Waals surface area contributed by atoms with E-state index in [0.717, 1.165) is 6.07 Å². The predicted molar refractivity (Wildman–Crippen MR) is 111 cm³/mol. The molecule has 2 aromatic heterocycles. The van der Waals surface area contributed by atoms with Gasteiger partial charge in [0.15, 0.2) is 0 Å². The summed E-state index contributed by atoms with van der Waals surface area (Å²) in [7, 11) is 0. The molecular formula is C23H23F3N4O2. The van der Waals surface area contributed by atoms with Crippen LogP contribution >= 0.6 is 0 Å². The lowest BCUT2D eigenvalue weighted by Crippen LogP contribution is -2.42. The number of morpholine rings is 1. The summed E-state index contributed by atoms with van der Waals surface area (Å²) < 4.78 is 47.5. The number of ether oxygens (including phenoxy) is 1. The van der Waals surface area contributed by atoms with Gasteiger partial charge in [0.05, 0.1) is 24.4 Å². The van der Waals surface area contributed by atoms with E-state index in [1.807, 2.05) is 6.92 Å². The molecule has 0 spiro atoms. The van der Waals surface area contributed by atoms with Crippen molar-refractivity contribution in [3.63, 3.8) is 0 Å². The molecule has 0 saturated carbocycles. The van der Waals surface area contributed by atoms with Gasteiger partial charge in [-0.25, -0.2) is 0 Å². The van der Waals surface area contributed by atoms with E-state index in [1.54, 1.807) is 46.1 Å². The fourth-order valence-corrected chi connectivity index (χ4v) is 3.75. The topological polar surface area (TPSA) is 60.2 Å². The first-order valence-corrected chi connectivity index (χ1v) is 10.4. The highest BCUT2D eigenvalue weighted by Crippen LogP contribution is 2.33. The Labute approximate surface area is 183 Å². The third-order valence-electron chi connectivity index (χ3n) is 5.39. The molecule has 0 N–H and O–H groups in total. The van der Waals surface area contributed by atoms with Gasteiger partial charge < -0.3 is 9.64 Å². The first kappa shape index (κ1) is 22.0. The minimum atomic E-state index is -4.42. The summed E-state index contributed by atoms with van der Waals surface area (Å²) in [5, 5.41) is 4.27. The third-order valence-corrected chi connectivity index (χ3v) is 5.39. The van der Waals surface area contributed by atoms with Gasteiger partial charge in [-0.3, -0.25) is 14.5 Å². The first-order chi connectivity index (χ1) is 15.3. The summed E-state index contributed by atoms with van der Waals surface area (Å²) in [6.45, 7) is 3.69. The van der Waals surface area contributed by atoms with Crippen molar-refractivity contribution in [2.75, 3.05) is 19.7 Å². The lowest BCUT2D eigenvalue weighted by molar-refractivity contribution is -0.138. The average Bonchev–Trinajstić information content (AvgIpc) is 3.28. The van der Waals surface area contributed by atoms with Crippen LogP contribution in [-0.4, -0.2) is 45.3 Å². The molecule has 6 nitrogen and oxygen atoms in total. The van der Waals surface area contributed by atoms with Crippen molar-refractivity contribution < 1.29 is 22.7 Å². The van der Waals surface area contributed by atoms with E-state index in [-0.39, 0.29) is 17.9 Å². The van der Waals surface area contributed by atoms with Crippen LogP contribution in [0.15, 0.2) is 54.7 Å². The van der Waals surface area contributed by atoms with Gasteiger partial charge in [-0.2, -0.15) is 18.3 Å². The van der Waals surface area contributed by atoms with E-state index in [4.69, 9.17) is 4.74 Å². The molecule has 0 aliphatic carbocycles. The molecule has 0 radical (unpaired) electrons. The van der Waals surface area contributed by atoms with E-state index >= 15 is 0 Å². The maximum absolute atomic E-state index is 13.3. The van der Waals surface area contributed by atoms with E-state index in [9.17, 15) is 18.0 Å². The number of alkyl halides is 3. The Morgan fingerprint density at radius 1 is 1.16 bits per heavy atom. The summed E-state index contributed by atoms with van der Waals surface area (Å²) >= 11 is 0. The van der Waals surface area contributed by atoms with Crippen LogP contribution in [0.2, 0.25) is 0 Å². The third kappa shape index (κ3) is 4.83. The number of nitrogens with zero attached hydrogens (tertiary/aromatic N) is 4. The molecule has 3 heterocycles. The van der Waals surface area contributed by atoms with Crippen molar-refractivity contribution in [3.05, 3.63) is 82.9 Å². The number of aromatic nitrogens is 3. The average molecular weight is 444 g/mol. The molecule has 1 aliphatic rings. The molecule has 1 fully saturated rings. The molecule has 32 heavy (non-hydrogen) atoms. The maximum Gasteiger partial charge on any atom is 0.416 e. The number of pyridine rings is 1. The van der Waals surface area contributed by atoms with Crippen LogP contribution in [0.3, 0.4) is 0 Å². The molecule has 1 atom stereocenters. The highest BCUT2D eigenvalue weighted by atomic mass is 19.4. The highest BCUT2D eigenvalue weighted by Gasteiger charge is 2.33. The second-order valence-corrected chi connectivity index (χ2v) is 7.55. The van der Waals surface area contributed by atoms with Crippen LogP contribution in [0.4, 0.5) is 13.2 Å². The van der Waals surface area contributed by atoms with Crippen LogP contribution in [-0.2, 0) is 23.9 Å². The van der Waals surface area contributed by atoms with E-state index in [2.05, 4.69) is 10.1 Å². The lowest BCUT2D eigenvalue weighted by atomic mass is 10.0. The molecule has 3 aromatic rings. The number of hydrogen-bond donors (Lipinski definition) is 0. The maximum atomic E-state index is 13.3. The molecule has 1 aliphatic heterocycles. The molecule has 0 unspecified atom stereocenters. The Kier molecular flexibility index (Phi) is 6.27. The van der Waals surface area contributed by atoms with Crippen LogP contribution in [0.5, 0.6) is 0 Å². The summed E-state index contributed by atoms with van der Waals surface area (Å²) in [5.74, 6) is -0.180. The number of amides is 1. The van der Waals surface area contributed by atoms with Crippen molar-refractivity contribution >= 4 is 5.91 Å². The zero-order valence-corrected chi connectivity index (χ0v) is 17.5. The SMILES string of the molecule is CCn1ccc(C(=O)N2CCO[C@H](c3cccc(Cc4ccccc4C(F)(F)F)n3)C2)n1. The number of halogens is 3. The number of hydrogen-bond acceptors (Lipinski definition) is 4. The largest absolute Gasteiger partial charge is 0.416 e. The van der Waals surface area contributed by atoms with Crippen molar-refractivity contribution in [2.24, 2.45) is 0 Å². The molecular weight excluding hydrogens is 421 g/mol. The summed E-state index contributed by atoms with van der Waals surface area (Å²) in [6, 6.07) is 12.4. The van der Waals surface area contributed by atoms with Gasteiger partial charge in [0.1, 0.15) is 11.8 Å². The van der Waals surface area contributed by atoms with Crippen LogP contribution in [0, 0.1) is 0 Å². The molecule has 4 rings (SSSR count). The number of rotatable bonds is 5. The van der Waals surface area contributed by atoms with Gasteiger partial charge in [0, 0.05) is 31.4 Å². The molecule has 1 amide bonds. The minimum Gasteiger partial charge on any atom is -0.368 e. The molecule has 168 valence electrons. The van der Waals surface area contributed by atoms with Gasteiger partial charge in [0.25, 0.3) is 5.91 Å². The van der Waals surface area contributed by atoms with Crippen LogP contribution < -0.4 is 0 Å².